The number of aromatic carboxylic acids is 1. The summed E-state index contributed by atoms with van der Waals surface area (Å²) in [7, 11) is 2.16. The van der Waals surface area contributed by atoms with E-state index in [-0.39, 0.29) is 6.04 Å². The van der Waals surface area contributed by atoms with E-state index in [2.05, 4.69) is 73.2 Å². The standard InChI is InChI=1S/C27H30N2O2/c1-18(2)22-6-4-5-7-23(22)19-8-10-24-20(16-19)13-15-29(3)26(24)11-9-21-17-28-14-12-25(21)27(30)31/h4-8,10,12,14,16-18,26H,9,11,13,15H2,1-3H3,(H,30,31)/t26-/m1/s1. The number of fused-ring (bicyclic) bond motifs is 1. The molecule has 1 aliphatic heterocycles. The molecule has 0 fully saturated rings. The first-order valence-corrected chi connectivity index (χ1v) is 11.0. The summed E-state index contributed by atoms with van der Waals surface area (Å²) in [5.41, 5.74) is 7.91. The number of carbonyl (C=O) groups is 1. The molecule has 2 heterocycles. The monoisotopic (exact) mass is 414 g/mol. The highest BCUT2D eigenvalue weighted by Crippen LogP contribution is 2.36. The number of rotatable bonds is 6. The number of carboxylic acids is 1. The van der Waals surface area contributed by atoms with Crippen molar-refractivity contribution in [3.8, 4) is 11.1 Å². The van der Waals surface area contributed by atoms with Crippen LogP contribution in [0.2, 0.25) is 0 Å². The van der Waals surface area contributed by atoms with E-state index >= 15 is 0 Å². The highest BCUT2D eigenvalue weighted by Gasteiger charge is 2.25. The van der Waals surface area contributed by atoms with E-state index in [0.717, 1.165) is 24.9 Å². The van der Waals surface area contributed by atoms with Crippen molar-refractivity contribution in [1.29, 1.82) is 0 Å². The number of benzene rings is 2. The van der Waals surface area contributed by atoms with Gasteiger partial charge in [-0.1, -0.05) is 56.3 Å². The second-order valence-corrected chi connectivity index (χ2v) is 8.78. The summed E-state index contributed by atoms with van der Waals surface area (Å²) < 4.78 is 0. The van der Waals surface area contributed by atoms with Crippen LogP contribution >= 0.6 is 0 Å². The van der Waals surface area contributed by atoms with Crippen LogP contribution in [0.25, 0.3) is 11.1 Å². The number of carboxylic acid groups (broad SMARTS) is 1. The van der Waals surface area contributed by atoms with Crippen molar-refractivity contribution in [1.82, 2.24) is 9.88 Å². The average Bonchev–Trinajstić information content (AvgIpc) is 2.78. The van der Waals surface area contributed by atoms with Gasteiger partial charge in [0.25, 0.3) is 0 Å². The van der Waals surface area contributed by atoms with Gasteiger partial charge in [-0.25, -0.2) is 4.79 Å². The maximum absolute atomic E-state index is 11.5. The Morgan fingerprint density at radius 2 is 2.00 bits per heavy atom. The van der Waals surface area contributed by atoms with Crippen LogP contribution in [0.1, 0.15) is 64.8 Å². The Morgan fingerprint density at radius 1 is 1.19 bits per heavy atom. The van der Waals surface area contributed by atoms with Crippen LogP contribution in [0.3, 0.4) is 0 Å². The van der Waals surface area contributed by atoms with Gasteiger partial charge in [0, 0.05) is 25.0 Å². The normalized spacial score (nSPS) is 16.3. The van der Waals surface area contributed by atoms with Crippen LogP contribution < -0.4 is 0 Å². The SMILES string of the molecule is CC(C)c1ccccc1-c1ccc2c(c1)CCN(C)[C@@H]2CCc1cnccc1C(=O)O. The van der Waals surface area contributed by atoms with Crippen molar-refractivity contribution >= 4 is 5.97 Å². The molecular formula is C27H30N2O2. The van der Waals surface area contributed by atoms with Crippen molar-refractivity contribution in [2.24, 2.45) is 0 Å². The van der Waals surface area contributed by atoms with E-state index < -0.39 is 5.97 Å². The molecule has 0 radical (unpaired) electrons. The average molecular weight is 415 g/mol. The topological polar surface area (TPSA) is 53.4 Å². The lowest BCUT2D eigenvalue weighted by molar-refractivity contribution is 0.0695. The Bertz CT molecular complexity index is 1090. The van der Waals surface area contributed by atoms with Gasteiger partial charge in [-0.2, -0.15) is 0 Å². The molecule has 0 unspecified atom stereocenters. The maximum Gasteiger partial charge on any atom is 0.336 e. The van der Waals surface area contributed by atoms with Crippen molar-refractivity contribution in [2.75, 3.05) is 13.6 Å². The second-order valence-electron chi connectivity index (χ2n) is 8.78. The second kappa shape index (κ2) is 9.03. The molecule has 1 aromatic heterocycles. The van der Waals surface area contributed by atoms with Crippen molar-refractivity contribution in [3.05, 3.63) is 88.7 Å². The van der Waals surface area contributed by atoms with Crippen LogP contribution in [0, 0.1) is 0 Å². The Morgan fingerprint density at radius 3 is 2.77 bits per heavy atom. The molecule has 4 nitrogen and oxygen atoms in total. The van der Waals surface area contributed by atoms with Crippen LogP contribution in [-0.2, 0) is 12.8 Å². The highest BCUT2D eigenvalue weighted by atomic mass is 16.4. The minimum atomic E-state index is -0.886. The lowest BCUT2D eigenvalue weighted by Crippen LogP contribution is -2.32. The summed E-state index contributed by atoms with van der Waals surface area (Å²) in [6.07, 6.45) is 5.84. The van der Waals surface area contributed by atoms with E-state index in [4.69, 9.17) is 0 Å². The van der Waals surface area contributed by atoms with Gasteiger partial charge in [0.05, 0.1) is 5.56 Å². The molecule has 0 saturated heterocycles. The highest BCUT2D eigenvalue weighted by molar-refractivity contribution is 5.89. The summed E-state index contributed by atoms with van der Waals surface area (Å²) in [6.45, 7) is 5.49. The van der Waals surface area contributed by atoms with Gasteiger partial charge in [-0.15, -0.1) is 0 Å². The molecule has 1 N–H and O–H groups in total. The molecule has 0 bridgehead atoms. The summed E-state index contributed by atoms with van der Waals surface area (Å²) in [6, 6.07) is 17.4. The third kappa shape index (κ3) is 4.40. The zero-order valence-corrected chi connectivity index (χ0v) is 18.5. The van der Waals surface area contributed by atoms with Gasteiger partial charge in [0.15, 0.2) is 0 Å². The first kappa shape index (κ1) is 21.3. The van der Waals surface area contributed by atoms with Crippen molar-refractivity contribution < 1.29 is 9.90 Å². The molecule has 0 aliphatic carbocycles. The Hall–Kier alpha value is -2.98. The number of pyridine rings is 1. The number of hydrogen-bond donors (Lipinski definition) is 1. The Kier molecular flexibility index (Phi) is 6.19. The molecule has 1 atom stereocenters. The number of likely N-dealkylation sites (N-methyl/N-ethyl adjacent to an activating group) is 1. The minimum Gasteiger partial charge on any atom is -0.478 e. The molecule has 4 rings (SSSR count). The Labute approximate surface area is 184 Å². The van der Waals surface area contributed by atoms with E-state index in [1.807, 2.05) is 0 Å². The smallest absolute Gasteiger partial charge is 0.336 e. The third-order valence-corrected chi connectivity index (χ3v) is 6.48. The van der Waals surface area contributed by atoms with Crippen LogP contribution in [0.5, 0.6) is 0 Å². The van der Waals surface area contributed by atoms with Crippen LogP contribution in [0.4, 0.5) is 0 Å². The van der Waals surface area contributed by atoms with E-state index in [1.54, 1.807) is 18.5 Å². The molecule has 3 aromatic rings. The van der Waals surface area contributed by atoms with Gasteiger partial charge >= 0.3 is 5.97 Å². The zero-order valence-electron chi connectivity index (χ0n) is 18.5. The predicted molar refractivity (Wildman–Crippen MR) is 125 cm³/mol. The maximum atomic E-state index is 11.5. The van der Waals surface area contributed by atoms with Crippen LogP contribution in [0.15, 0.2) is 60.9 Å². The fourth-order valence-corrected chi connectivity index (χ4v) is 4.77. The number of nitrogens with zero attached hydrogens (tertiary/aromatic N) is 2. The van der Waals surface area contributed by atoms with E-state index in [1.165, 1.54) is 27.8 Å². The minimum absolute atomic E-state index is 0.278. The molecule has 0 saturated carbocycles. The summed E-state index contributed by atoms with van der Waals surface area (Å²) in [5, 5.41) is 9.47. The molecule has 0 spiro atoms. The fourth-order valence-electron chi connectivity index (χ4n) is 4.77. The van der Waals surface area contributed by atoms with Crippen LogP contribution in [-0.4, -0.2) is 34.6 Å². The van der Waals surface area contributed by atoms with Crippen molar-refractivity contribution in [2.45, 2.75) is 45.1 Å². The fraction of sp³-hybridized carbons (Fsp3) is 0.333. The number of aromatic nitrogens is 1. The van der Waals surface area contributed by atoms with Gasteiger partial charge in [-0.05, 0) is 71.7 Å². The first-order chi connectivity index (χ1) is 15.0. The summed E-state index contributed by atoms with van der Waals surface area (Å²) >= 11 is 0. The largest absolute Gasteiger partial charge is 0.478 e. The van der Waals surface area contributed by atoms with Gasteiger partial charge in [0.1, 0.15) is 0 Å². The van der Waals surface area contributed by atoms with Gasteiger partial charge < -0.3 is 5.11 Å². The molecule has 31 heavy (non-hydrogen) atoms. The molecule has 2 aromatic carbocycles. The van der Waals surface area contributed by atoms with Gasteiger partial charge in [-0.3, -0.25) is 9.88 Å². The van der Waals surface area contributed by atoms with Gasteiger partial charge in [0.2, 0.25) is 0 Å². The Balaban J connectivity index is 1.62. The van der Waals surface area contributed by atoms with Crippen molar-refractivity contribution in [3.63, 3.8) is 0 Å². The summed E-state index contributed by atoms with van der Waals surface area (Å²) in [5.74, 6) is -0.405. The lowest BCUT2D eigenvalue weighted by atomic mass is 9.85. The third-order valence-electron chi connectivity index (χ3n) is 6.48. The van der Waals surface area contributed by atoms with E-state index in [9.17, 15) is 9.90 Å². The molecule has 160 valence electrons. The number of aryl methyl sites for hydroxylation is 1. The zero-order chi connectivity index (χ0) is 22.0. The lowest BCUT2D eigenvalue weighted by Gasteiger charge is -2.35. The number of hydrogen-bond acceptors (Lipinski definition) is 3. The van der Waals surface area contributed by atoms with E-state index in [0.29, 0.717) is 17.9 Å². The quantitative estimate of drug-likeness (QED) is 0.559. The molecule has 4 heteroatoms. The first-order valence-electron chi connectivity index (χ1n) is 11.0. The summed E-state index contributed by atoms with van der Waals surface area (Å²) in [4.78, 5) is 18.1. The molecular weight excluding hydrogens is 384 g/mol. The predicted octanol–water partition coefficient (Wildman–Crippen LogP) is 5.73. The molecule has 0 amide bonds. The molecule has 1 aliphatic rings.